The minimum Gasteiger partial charge on any atom is -0.374 e. The molecule has 6 nitrogen and oxygen atoms in total. The van der Waals surface area contributed by atoms with Crippen LogP contribution < -0.4 is 5.32 Å². The molecule has 1 fully saturated rings. The number of Topliss-reactive ketones (excluding diaryl/α,β-unsaturated/α-hetero) is 1. The van der Waals surface area contributed by atoms with Crippen LogP contribution in [0.4, 0.5) is 0 Å². The highest BCUT2D eigenvalue weighted by molar-refractivity contribution is 5.99. The summed E-state index contributed by atoms with van der Waals surface area (Å²) in [6.07, 6.45) is 1.57. The molecule has 1 saturated heterocycles. The topological polar surface area (TPSA) is 74.4 Å². The lowest BCUT2D eigenvalue weighted by molar-refractivity contribution is -0.0295. The second-order valence-corrected chi connectivity index (χ2v) is 6.21. The van der Waals surface area contributed by atoms with Crippen LogP contribution in [0.1, 0.15) is 41.6 Å². The fourth-order valence-electron chi connectivity index (χ4n) is 2.62. The Morgan fingerprint density at radius 2 is 2.27 bits per heavy atom. The second-order valence-electron chi connectivity index (χ2n) is 6.21. The van der Waals surface area contributed by atoms with E-state index in [9.17, 15) is 9.59 Å². The smallest absolute Gasteiger partial charge is 0.267 e. The monoisotopic (exact) mass is 307 g/mol. The van der Waals surface area contributed by atoms with Gasteiger partial charge in [-0.1, -0.05) is 13.8 Å². The van der Waals surface area contributed by atoms with Gasteiger partial charge in [0.1, 0.15) is 5.69 Å². The van der Waals surface area contributed by atoms with Gasteiger partial charge in [0.15, 0.2) is 5.78 Å². The molecule has 2 N–H and O–H groups in total. The molecule has 2 heterocycles. The third-order valence-corrected chi connectivity index (χ3v) is 3.67. The second kappa shape index (κ2) is 7.56. The van der Waals surface area contributed by atoms with E-state index in [4.69, 9.17) is 4.74 Å². The van der Waals surface area contributed by atoms with E-state index in [1.807, 2.05) is 0 Å². The molecule has 22 heavy (non-hydrogen) atoms. The lowest BCUT2D eigenvalue weighted by atomic mass is 10.2. The predicted octanol–water partition coefficient (Wildman–Crippen LogP) is 1.30. The summed E-state index contributed by atoms with van der Waals surface area (Å²) in [5.41, 5.74) is 0.919. The van der Waals surface area contributed by atoms with Crippen molar-refractivity contribution in [3.63, 3.8) is 0 Å². The first-order valence-corrected chi connectivity index (χ1v) is 7.77. The molecule has 1 amide bonds. The molecule has 1 aliphatic rings. The number of morpholine rings is 1. The van der Waals surface area contributed by atoms with Gasteiger partial charge in [-0.2, -0.15) is 0 Å². The summed E-state index contributed by atoms with van der Waals surface area (Å²) in [7, 11) is 0. The van der Waals surface area contributed by atoms with Gasteiger partial charge >= 0.3 is 0 Å². The Labute approximate surface area is 131 Å². The zero-order chi connectivity index (χ0) is 16.1. The van der Waals surface area contributed by atoms with Crippen molar-refractivity contribution in [3.8, 4) is 0 Å². The maximum Gasteiger partial charge on any atom is 0.267 e. The van der Waals surface area contributed by atoms with Crippen LogP contribution >= 0.6 is 0 Å². The molecule has 0 radical (unpaired) electrons. The van der Waals surface area contributed by atoms with Crippen molar-refractivity contribution in [2.75, 3.05) is 32.8 Å². The number of aromatic nitrogens is 1. The van der Waals surface area contributed by atoms with Gasteiger partial charge in [-0.15, -0.1) is 0 Å². The normalized spacial score (nSPS) is 19.4. The summed E-state index contributed by atoms with van der Waals surface area (Å²) < 4.78 is 5.70. The van der Waals surface area contributed by atoms with Crippen LogP contribution in [0.5, 0.6) is 0 Å². The highest BCUT2D eigenvalue weighted by atomic mass is 16.5. The van der Waals surface area contributed by atoms with Gasteiger partial charge in [-0.3, -0.25) is 14.5 Å². The Balaban J connectivity index is 1.81. The number of carbonyl (C=O) groups is 2. The van der Waals surface area contributed by atoms with Crippen LogP contribution in [0, 0.1) is 5.92 Å². The molecule has 122 valence electrons. The number of nitrogens with one attached hydrogen (secondary N) is 2. The summed E-state index contributed by atoms with van der Waals surface area (Å²) in [5, 5.41) is 2.86. The summed E-state index contributed by atoms with van der Waals surface area (Å²) >= 11 is 0. The van der Waals surface area contributed by atoms with Gasteiger partial charge in [0.05, 0.1) is 12.7 Å². The average molecular weight is 307 g/mol. The van der Waals surface area contributed by atoms with E-state index in [2.05, 4.69) is 29.0 Å². The van der Waals surface area contributed by atoms with Gasteiger partial charge in [0.2, 0.25) is 0 Å². The summed E-state index contributed by atoms with van der Waals surface area (Å²) in [4.78, 5) is 28.5. The van der Waals surface area contributed by atoms with Crippen molar-refractivity contribution in [1.29, 1.82) is 0 Å². The predicted molar refractivity (Wildman–Crippen MR) is 84.1 cm³/mol. The largest absolute Gasteiger partial charge is 0.374 e. The summed E-state index contributed by atoms with van der Waals surface area (Å²) in [5.74, 6) is 0.351. The van der Waals surface area contributed by atoms with E-state index in [-0.39, 0.29) is 17.8 Å². The molecule has 6 heteroatoms. The van der Waals surface area contributed by atoms with Crippen molar-refractivity contribution in [3.05, 3.63) is 23.5 Å². The minimum atomic E-state index is -0.211. The van der Waals surface area contributed by atoms with E-state index < -0.39 is 0 Å². The van der Waals surface area contributed by atoms with Crippen molar-refractivity contribution in [2.45, 2.75) is 26.9 Å². The number of rotatable bonds is 6. The van der Waals surface area contributed by atoms with Crippen LogP contribution in [0.2, 0.25) is 0 Å². The Morgan fingerprint density at radius 3 is 2.91 bits per heavy atom. The van der Waals surface area contributed by atoms with E-state index in [0.29, 0.717) is 30.3 Å². The van der Waals surface area contributed by atoms with Crippen molar-refractivity contribution in [2.24, 2.45) is 5.92 Å². The molecule has 0 bridgehead atoms. The van der Waals surface area contributed by atoms with E-state index in [1.165, 1.54) is 6.92 Å². The lowest BCUT2D eigenvalue weighted by Crippen LogP contribution is -2.48. The minimum absolute atomic E-state index is 0.0127. The Bertz CT molecular complexity index is 524. The molecule has 0 saturated carbocycles. The highest BCUT2D eigenvalue weighted by Gasteiger charge is 2.21. The zero-order valence-electron chi connectivity index (χ0n) is 13.5. The first-order valence-electron chi connectivity index (χ1n) is 7.77. The maximum absolute atomic E-state index is 12.1. The van der Waals surface area contributed by atoms with Gasteiger partial charge in [0.25, 0.3) is 5.91 Å². The van der Waals surface area contributed by atoms with E-state index >= 15 is 0 Å². The van der Waals surface area contributed by atoms with Crippen molar-refractivity contribution >= 4 is 11.7 Å². The first kappa shape index (κ1) is 16.7. The van der Waals surface area contributed by atoms with Crippen molar-refractivity contribution < 1.29 is 14.3 Å². The van der Waals surface area contributed by atoms with Crippen molar-refractivity contribution in [1.82, 2.24) is 15.2 Å². The number of hydrogen-bond acceptors (Lipinski definition) is 4. The number of amides is 1. The standard InChI is InChI=1S/C16H25N3O3/c1-11(2)9-19-4-5-22-14(10-19)8-18-16(21)15-6-13(7-17-15)12(3)20/h6-7,11,14,17H,4-5,8-10H2,1-3H3,(H,18,21)/t14-/m0/s1. The number of ketones is 1. The van der Waals surface area contributed by atoms with Crippen LogP contribution in [0.15, 0.2) is 12.3 Å². The van der Waals surface area contributed by atoms with Gasteiger partial charge in [0, 0.05) is 37.9 Å². The van der Waals surface area contributed by atoms with Gasteiger partial charge in [-0.05, 0) is 18.9 Å². The fraction of sp³-hybridized carbons (Fsp3) is 0.625. The Kier molecular flexibility index (Phi) is 5.74. The zero-order valence-corrected chi connectivity index (χ0v) is 13.5. The van der Waals surface area contributed by atoms with Gasteiger partial charge < -0.3 is 15.0 Å². The fourth-order valence-corrected chi connectivity index (χ4v) is 2.62. The van der Waals surface area contributed by atoms with E-state index in [0.717, 1.165) is 19.6 Å². The molecule has 2 rings (SSSR count). The molecule has 0 aromatic carbocycles. The Hall–Kier alpha value is -1.66. The van der Waals surface area contributed by atoms with Gasteiger partial charge in [-0.25, -0.2) is 0 Å². The first-order chi connectivity index (χ1) is 10.5. The van der Waals surface area contributed by atoms with Crippen LogP contribution in [0.3, 0.4) is 0 Å². The van der Waals surface area contributed by atoms with Crippen LogP contribution in [-0.4, -0.2) is 60.5 Å². The highest BCUT2D eigenvalue weighted by Crippen LogP contribution is 2.08. The number of ether oxygens (including phenoxy) is 1. The molecule has 1 atom stereocenters. The number of carbonyl (C=O) groups excluding carboxylic acids is 2. The summed E-state index contributed by atoms with van der Waals surface area (Å²) in [6.45, 7) is 9.87. The Morgan fingerprint density at radius 1 is 1.50 bits per heavy atom. The number of aromatic amines is 1. The number of H-pyrrole nitrogens is 1. The molecule has 1 aromatic heterocycles. The molecule has 0 spiro atoms. The van der Waals surface area contributed by atoms with Crippen LogP contribution in [0.25, 0.3) is 0 Å². The quantitative estimate of drug-likeness (QED) is 0.777. The molecule has 0 aliphatic carbocycles. The molecule has 0 unspecified atom stereocenters. The number of nitrogens with zero attached hydrogens (tertiary/aromatic N) is 1. The molecule has 1 aromatic rings. The summed E-state index contributed by atoms with van der Waals surface area (Å²) in [6, 6.07) is 1.57. The SMILES string of the molecule is CC(=O)c1c[nH]c(C(=O)NC[C@H]2CN(CC(C)C)CCO2)c1. The van der Waals surface area contributed by atoms with E-state index in [1.54, 1.807) is 12.3 Å². The number of hydrogen-bond donors (Lipinski definition) is 2. The third kappa shape index (κ3) is 4.68. The lowest BCUT2D eigenvalue weighted by Gasteiger charge is -2.33. The molecule has 1 aliphatic heterocycles. The average Bonchev–Trinajstić information content (AvgIpc) is 2.94. The third-order valence-electron chi connectivity index (χ3n) is 3.67. The molecular weight excluding hydrogens is 282 g/mol. The molecular formula is C16H25N3O3. The van der Waals surface area contributed by atoms with Crippen LogP contribution in [-0.2, 0) is 4.74 Å². The maximum atomic E-state index is 12.1.